The molecule has 0 saturated carbocycles. The van der Waals surface area contributed by atoms with Crippen molar-refractivity contribution in [3.8, 4) is 0 Å². The molecule has 0 fully saturated rings. The van der Waals surface area contributed by atoms with Crippen LogP contribution in [0.25, 0.3) is 0 Å². The van der Waals surface area contributed by atoms with E-state index in [-0.39, 0.29) is 5.41 Å². The maximum absolute atomic E-state index is 6.19. The fourth-order valence-electron chi connectivity index (χ4n) is 2.41. The number of nitrogens with zero attached hydrogens (tertiary/aromatic N) is 2. The van der Waals surface area contributed by atoms with Crippen LogP contribution in [-0.4, -0.2) is 24.0 Å². The van der Waals surface area contributed by atoms with E-state index in [0.717, 1.165) is 42.7 Å². The van der Waals surface area contributed by atoms with Gasteiger partial charge in [0.2, 0.25) is 5.89 Å². The van der Waals surface area contributed by atoms with E-state index in [1.54, 1.807) is 6.20 Å². The molecule has 5 nitrogen and oxygen atoms in total. The van der Waals surface area contributed by atoms with Crippen molar-refractivity contribution in [1.82, 2.24) is 15.6 Å². The molecule has 2 rings (SSSR count). The Labute approximate surface area is 161 Å². The van der Waals surface area contributed by atoms with Gasteiger partial charge in [0.05, 0.1) is 6.20 Å². The van der Waals surface area contributed by atoms with Crippen molar-refractivity contribution in [2.45, 2.75) is 52.5 Å². The van der Waals surface area contributed by atoms with Crippen LogP contribution >= 0.6 is 11.6 Å². The first-order chi connectivity index (χ1) is 12.4. The quantitative estimate of drug-likeness (QED) is 0.429. The number of halogens is 1. The standard InChI is InChI=1S/C20H29ClN4O/c1-5-22-19(23-12-8-10-15-9-6-7-11-16(15)21)25-14-18-24-13-17(26-18)20(2,3)4/h6-7,9,11,13H,5,8,10,12,14H2,1-4H3,(H2,22,23,25). The van der Waals surface area contributed by atoms with Crippen molar-refractivity contribution < 1.29 is 4.42 Å². The summed E-state index contributed by atoms with van der Waals surface area (Å²) in [6, 6.07) is 7.96. The Bertz CT molecular complexity index is 719. The monoisotopic (exact) mass is 376 g/mol. The van der Waals surface area contributed by atoms with Gasteiger partial charge in [-0.2, -0.15) is 0 Å². The van der Waals surface area contributed by atoms with Crippen LogP contribution < -0.4 is 10.6 Å². The summed E-state index contributed by atoms with van der Waals surface area (Å²) >= 11 is 6.19. The summed E-state index contributed by atoms with van der Waals surface area (Å²) in [4.78, 5) is 8.87. The lowest BCUT2D eigenvalue weighted by Gasteiger charge is -2.13. The lowest BCUT2D eigenvalue weighted by atomic mass is 9.94. The van der Waals surface area contributed by atoms with Crippen molar-refractivity contribution in [1.29, 1.82) is 0 Å². The van der Waals surface area contributed by atoms with Crippen LogP contribution in [0.4, 0.5) is 0 Å². The van der Waals surface area contributed by atoms with Crippen LogP contribution in [0.2, 0.25) is 5.02 Å². The zero-order valence-corrected chi connectivity index (χ0v) is 16.9. The van der Waals surface area contributed by atoms with Gasteiger partial charge in [0.25, 0.3) is 0 Å². The number of rotatable bonds is 7. The lowest BCUT2D eigenvalue weighted by molar-refractivity contribution is 0.383. The summed E-state index contributed by atoms with van der Waals surface area (Å²) in [5.74, 6) is 2.27. The summed E-state index contributed by atoms with van der Waals surface area (Å²) < 4.78 is 5.78. The van der Waals surface area contributed by atoms with Crippen molar-refractivity contribution in [3.05, 3.63) is 52.7 Å². The summed E-state index contributed by atoms with van der Waals surface area (Å²) in [5.41, 5.74) is 1.13. The van der Waals surface area contributed by atoms with Crippen molar-refractivity contribution in [2.75, 3.05) is 13.1 Å². The van der Waals surface area contributed by atoms with Gasteiger partial charge in [-0.15, -0.1) is 0 Å². The molecule has 2 N–H and O–H groups in total. The number of benzene rings is 1. The number of aliphatic imine (C=N–C) groups is 1. The Kier molecular flexibility index (Phi) is 7.51. The average molecular weight is 377 g/mol. The summed E-state index contributed by atoms with van der Waals surface area (Å²) in [6.45, 7) is 10.4. The van der Waals surface area contributed by atoms with Crippen molar-refractivity contribution in [2.24, 2.45) is 4.99 Å². The van der Waals surface area contributed by atoms with Crippen LogP contribution in [0, 0.1) is 0 Å². The highest BCUT2D eigenvalue weighted by Crippen LogP contribution is 2.22. The molecule has 0 radical (unpaired) electrons. The van der Waals surface area contributed by atoms with E-state index < -0.39 is 0 Å². The molecule has 1 heterocycles. The van der Waals surface area contributed by atoms with Gasteiger partial charge in [0.15, 0.2) is 5.96 Å². The Balaban J connectivity index is 1.84. The van der Waals surface area contributed by atoms with E-state index in [1.165, 1.54) is 5.56 Å². The number of oxazole rings is 1. The lowest BCUT2D eigenvalue weighted by Crippen LogP contribution is -2.37. The molecule has 0 bridgehead atoms. The molecule has 1 aromatic heterocycles. The van der Waals surface area contributed by atoms with Crippen molar-refractivity contribution >= 4 is 17.6 Å². The van der Waals surface area contributed by atoms with Gasteiger partial charge in [0.1, 0.15) is 12.3 Å². The van der Waals surface area contributed by atoms with Gasteiger partial charge in [0, 0.05) is 23.5 Å². The average Bonchev–Trinajstić information content (AvgIpc) is 3.07. The number of aromatic nitrogens is 1. The molecule has 0 amide bonds. The Morgan fingerprint density at radius 2 is 2.00 bits per heavy atom. The highest BCUT2D eigenvalue weighted by atomic mass is 35.5. The molecule has 1 aromatic carbocycles. The first kappa shape index (κ1) is 20.3. The van der Waals surface area contributed by atoms with Gasteiger partial charge in [-0.05, 0) is 31.4 Å². The second kappa shape index (κ2) is 9.62. The highest BCUT2D eigenvalue weighted by molar-refractivity contribution is 6.31. The Hall–Kier alpha value is -2.01. The summed E-state index contributed by atoms with van der Waals surface area (Å²) in [5, 5.41) is 7.41. The Morgan fingerprint density at radius 3 is 2.65 bits per heavy atom. The van der Waals surface area contributed by atoms with Gasteiger partial charge in [-0.25, -0.2) is 9.98 Å². The second-order valence-corrected chi connectivity index (χ2v) is 7.59. The van der Waals surface area contributed by atoms with Crippen LogP contribution in [0.15, 0.2) is 39.9 Å². The maximum Gasteiger partial charge on any atom is 0.216 e. The molecular formula is C20H29ClN4O. The van der Waals surface area contributed by atoms with Gasteiger partial charge >= 0.3 is 0 Å². The van der Waals surface area contributed by atoms with Crippen LogP contribution in [0.3, 0.4) is 0 Å². The predicted molar refractivity (Wildman–Crippen MR) is 108 cm³/mol. The SMILES string of the molecule is CCNC(=NCc1ncc(C(C)(C)C)o1)NCCCc1ccccc1Cl. The van der Waals surface area contributed by atoms with Crippen LogP contribution in [-0.2, 0) is 18.4 Å². The molecule has 142 valence electrons. The van der Waals surface area contributed by atoms with E-state index in [9.17, 15) is 0 Å². The molecule has 0 unspecified atom stereocenters. The predicted octanol–water partition coefficient (Wildman–Crippen LogP) is 4.31. The maximum atomic E-state index is 6.19. The molecule has 0 saturated heterocycles. The summed E-state index contributed by atoms with van der Waals surface area (Å²) in [6.07, 6.45) is 3.69. The number of hydrogen-bond donors (Lipinski definition) is 2. The minimum Gasteiger partial charge on any atom is -0.443 e. The minimum atomic E-state index is -0.0452. The number of nitrogens with one attached hydrogen (secondary N) is 2. The van der Waals surface area contributed by atoms with Crippen LogP contribution in [0.1, 0.15) is 51.3 Å². The smallest absolute Gasteiger partial charge is 0.216 e. The second-order valence-electron chi connectivity index (χ2n) is 7.19. The first-order valence-electron chi connectivity index (χ1n) is 9.11. The fraction of sp³-hybridized carbons (Fsp3) is 0.500. The van der Waals surface area contributed by atoms with Gasteiger partial charge in [-0.1, -0.05) is 50.6 Å². The molecule has 0 spiro atoms. The minimum absolute atomic E-state index is 0.0452. The molecule has 0 atom stereocenters. The molecule has 2 aromatic rings. The third kappa shape index (κ3) is 6.37. The number of hydrogen-bond acceptors (Lipinski definition) is 3. The fourth-order valence-corrected chi connectivity index (χ4v) is 2.64. The molecule has 0 aliphatic rings. The van der Waals surface area contributed by atoms with Crippen molar-refractivity contribution in [3.63, 3.8) is 0 Å². The topological polar surface area (TPSA) is 62.5 Å². The molecule has 0 aliphatic carbocycles. The number of aryl methyl sites for hydroxylation is 1. The zero-order chi connectivity index (χ0) is 19.0. The van der Waals surface area contributed by atoms with E-state index in [0.29, 0.717) is 12.4 Å². The first-order valence-corrected chi connectivity index (χ1v) is 9.48. The third-order valence-corrected chi connectivity index (χ3v) is 4.25. The van der Waals surface area contributed by atoms with E-state index in [2.05, 4.69) is 47.4 Å². The zero-order valence-electron chi connectivity index (χ0n) is 16.1. The largest absolute Gasteiger partial charge is 0.443 e. The highest BCUT2D eigenvalue weighted by Gasteiger charge is 2.18. The molecule has 26 heavy (non-hydrogen) atoms. The normalized spacial score (nSPS) is 12.3. The third-order valence-electron chi connectivity index (χ3n) is 3.88. The summed E-state index contributed by atoms with van der Waals surface area (Å²) in [7, 11) is 0. The van der Waals surface area contributed by atoms with Gasteiger partial charge in [-0.3, -0.25) is 0 Å². The van der Waals surface area contributed by atoms with Gasteiger partial charge < -0.3 is 15.1 Å². The molecular weight excluding hydrogens is 348 g/mol. The molecule has 0 aliphatic heterocycles. The van der Waals surface area contributed by atoms with E-state index >= 15 is 0 Å². The Morgan fingerprint density at radius 1 is 1.23 bits per heavy atom. The number of guanidine groups is 1. The van der Waals surface area contributed by atoms with Crippen LogP contribution in [0.5, 0.6) is 0 Å². The van der Waals surface area contributed by atoms with E-state index in [4.69, 9.17) is 16.0 Å². The van der Waals surface area contributed by atoms with E-state index in [1.807, 2.05) is 25.1 Å². The molecule has 6 heteroatoms.